The zero-order valence-corrected chi connectivity index (χ0v) is 20.6. The fourth-order valence-corrected chi connectivity index (χ4v) is 4.70. The van der Waals surface area contributed by atoms with Crippen LogP contribution in [0.4, 0.5) is 28.1 Å². The van der Waals surface area contributed by atoms with Crippen LogP contribution in [0, 0.1) is 11.7 Å². The number of morpholine rings is 1. The van der Waals surface area contributed by atoms with Gasteiger partial charge in [-0.2, -0.15) is 20.1 Å². The van der Waals surface area contributed by atoms with Crippen molar-refractivity contribution >= 4 is 23.7 Å². The van der Waals surface area contributed by atoms with Crippen LogP contribution in [0.2, 0.25) is 0 Å². The highest BCUT2D eigenvalue weighted by atomic mass is 19.1. The van der Waals surface area contributed by atoms with Crippen LogP contribution in [0.5, 0.6) is 0 Å². The molecule has 0 aromatic carbocycles. The van der Waals surface area contributed by atoms with Gasteiger partial charge >= 0.3 is 0 Å². The van der Waals surface area contributed by atoms with E-state index in [1.165, 1.54) is 38.5 Å². The second kappa shape index (κ2) is 11.5. The van der Waals surface area contributed by atoms with Crippen molar-refractivity contribution in [1.29, 1.82) is 0 Å². The summed E-state index contributed by atoms with van der Waals surface area (Å²) in [5.74, 6) is 2.72. The molecule has 0 radical (unpaired) electrons. The number of aromatic nitrogens is 7. The van der Waals surface area contributed by atoms with Crippen molar-refractivity contribution in [1.82, 2.24) is 35.1 Å². The molecule has 36 heavy (non-hydrogen) atoms. The highest BCUT2D eigenvalue weighted by Crippen LogP contribution is 2.28. The Morgan fingerprint density at radius 3 is 2.61 bits per heavy atom. The SMILES string of the molecule is C[C@H](Nc1nc(Nc2cc(CCC3CCCCC3)[nH]n2)nc(N2CCOCC2)n1)c1ncc(F)cn1. The van der Waals surface area contributed by atoms with E-state index in [2.05, 4.69) is 50.7 Å². The van der Waals surface area contributed by atoms with Crippen molar-refractivity contribution in [3.05, 3.63) is 35.8 Å². The molecule has 0 spiro atoms. The van der Waals surface area contributed by atoms with Crippen LogP contribution in [0.15, 0.2) is 18.5 Å². The lowest BCUT2D eigenvalue weighted by Crippen LogP contribution is -2.37. The van der Waals surface area contributed by atoms with Gasteiger partial charge in [-0.1, -0.05) is 32.1 Å². The molecular weight excluding hydrogens is 463 g/mol. The van der Waals surface area contributed by atoms with Crippen LogP contribution in [0.1, 0.15) is 63.0 Å². The summed E-state index contributed by atoms with van der Waals surface area (Å²) in [7, 11) is 0. The Hall–Kier alpha value is -3.41. The van der Waals surface area contributed by atoms with Gasteiger partial charge in [0.1, 0.15) is 5.82 Å². The zero-order valence-electron chi connectivity index (χ0n) is 20.6. The van der Waals surface area contributed by atoms with Crippen molar-refractivity contribution in [3.8, 4) is 0 Å². The van der Waals surface area contributed by atoms with E-state index in [0.717, 1.165) is 30.4 Å². The number of nitrogens with one attached hydrogen (secondary N) is 3. The van der Waals surface area contributed by atoms with Crippen molar-refractivity contribution in [2.24, 2.45) is 5.92 Å². The standard InChI is InChI=1S/C24H33FN10O/c1-16(21-26-14-18(25)15-27-21)28-22-30-23(32-24(31-22)35-9-11-36-12-10-35)29-20-13-19(33-34-20)8-7-17-5-3-2-4-6-17/h13-17H,2-12H2,1H3,(H3,28,29,30,31,32,33,34)/t16-/m0/s1. The van der Waals surface area contributed by atoms with E-state index in [0.29, 0.717) is 55.8 Å². The second-order valence-corrected chi connectivity index (χ2v) is 9.45. The van der Waals surface area contributed by atoms with E-state index in [1.807, 2.05) is 13.0 Å². The maximum atomic E-state index is 13.2. The Morgan fingerprint density at radius 2 is 1.83 bits per heavy atom. The number of rotatable bonds is 9. The molecule has 1 aliphatic heterocycles. The summed E-state index contributed by atoms with van der Waals surface area (Å²) in [6, 6.07) is 1.68. The fourth-order valence-electron chi connectivity index (χ4n) is 4.70. The van der Waals surface area contributed by atoms with E-state index < -0.39 is 5.82 Å². The third-order valence-electron chi connectivity index (χ3n) is 6.71. The maximum absolute atomic E-state index is 13.2. The molecule has 5 rings (SSSR count). The van der Waals surface area contributed by atoms with Gasteiger partial charge in [0.05, 0.1) is 31.6 Å². The Bertz CT molecular complexity index is 1110. The smallest absolute Gasteiger partial charge is 0.235 e. The number of aryl methyl sites for hydroxylation is 1. The number of nitrogens with zero attached hydrogens (tertiary/aromatic N) is 7. The number of ether oxygens (including phenoxy) is 1. The molecule has 11 nitrogen and oxygen atoms in total. The van der Waals surface area contributed by atoms with Crippen LogP contribution < -0.4 is 15.5 Å². The normalized spacial score (nSPS) is 17.7. The highest BCUT2D eigenvalue weighted by molar-refractivity contribution is 5.52. The largest absolute Gasteiger partial charge is 0.378 e. The Labute approximate surface area is 209 Å². The number of hydrogen-bond acceptors (Lipinski definition) is 10. The molecule has 2 aliphatic rings. The molecule has 1 saturated carbocycles. The number of H-pyrrole nitrogens is 1. The molecule has 12 heteroatoms. The maximum Gasteiger partial charge on any atom is 0.235 e. The first-order chi connectivity index (χ1) is 17.6. The summed E-state index contributed by atoms with van der Waals surface area (Å²) < 4.78 is 18.7. The van der Waals surface area contributed by atoms with Crippen molar-refractivity contribution in [2.45, 2.75) is 57.9 Å². The van der Waals surface area contributed by atoms with Crippen molar-refractivity contribution in [3.63, 3.8) is 0 Å². The minimum absolute atomic E-state index is 0.338. The summed E-state index contributed by atoms with van der Waals surface area (Å²) in [6.07, 6.45) is 11.2. The van der Waals surface area contributed by atoms with E-state index >= 15 is 0 Å². The van der Waals surface area contributed by atoms with Crippen LogP contribution >= 0.6 is 0 Å². The first-order valence-corrected chi connectivity index (χ1v) is 12.8. The van der Waals surface area contributed by atoms with Crippen LogP contribution in [-0.2, 0) is 11.2 Å². The third kappa shape index (κ3) is 6.42. The van der Waals surface area contributed by atoms with E-state index in [9.17, 15) is 4.39 Å². The molecule has 192 valence electrons. The Morgan fingerprint density at radius 1 is 1.08 bits per heavy atom. The third-order valence-corrected chi connectivity index (χ3v) is 6.71. The molecule has 2 fully saturated rings. The monoisotopic (exact) mass is 496 g/mol. The van der Waals surface area contributed by atoms with E-state index in [-0.39, 0.29) is 6.04 Å². The number of halogens is 1. The molecule has 3 aromatic rings. The number of hydrogen-bond donors (Lipinski definition) is 3. The van der Waals surface area contributed by atoms with Gasteiger partial charge in [0.25, 0.3) is 0 Å². The number of aromatic amines is 1. The first-order valence-electron chi connectivity index (χ1n) is 12.8. The van der Waals surface area contributed by atoms with Crippen LogP contribution in [-0.4, -0.2) is 61.4 Å². The number of anilines is 4. The van der Waals surface area contributed by atoms with Crippen molar-refractivity contribution in [2.75, 3.05) is 41.8 Å². The van der Waals surface area contributed by atoms with Gasteiger partial charge in [-0.05, 0) is 25.7 Å². The van der Waals surface area contributed by atoms with Crippen LogP contribution in [0.25, 0.3) is 0 Å². The van der Waals surface area contributed by atoms with Gasteiger partial charge in [-0.25, -0.2) is 14.4 Å². The Kier molecular flexibility index (Phi) is 7.79. The molecule has 4 heterocycles. The quantitative estimate of drug-likeness (QED) is 0.402. The molecule has 1 saturated heterocycles. The molecule has 0 unspecified atom stereocenters. The van der Waals surface area contributed by atoms with Gasteiger partial charge in [-0.3, -0.25) is 5.10 Å². The topological polar surface area (TPSA) is 130 Å². The molecule has 1 atom stereocenters. The Balaban J connectivity index is 1.30. The minimum Gasteiger partial charge on any atom is -0.378 e. The van der Waals surface area contributed by atoms with Crippen LogP contribution in [0.3, 0.4) is 0 Å². The molecule has 0 amide bonds. The summed E-state index contributed by atoms with van der Waals surface area (Å²) in [5, 5.41) is 14.0. The molecule has 3 aromatic heterocycles. The predicted octanol–water partition coefficient (Wildman–Crippen LogP) is 3.79. The fraction of sp³-hybridized carbons (Fsp3) is 0.583. The van der Waals surface area contributed by atoms with E-state index in [1.54, 1.807) is 0 Å². The van der Waals surface area contributed by atoms with Gasteiger partial charge in [-0.15, -0.1) is 0 Å². The van der Waals surface area contributed by atoms with Gasteiger partial charge in [0.2, 0.25) is 17.8 Å². The highest BCUT2D eigenvalue weighted by Gasteiger charge is 2.19. The predicted molar refractivity (Wildman–Crippen MR) is 134 cm³/mol. The molecule has 1 aliphatic carbocycles. The lowest BCUT2D eigenvalue weighted by Gasteiger charge is -2.27. The zero-order chi connectivity index (χ0) is 24.7. The first kappa shape index (κ1) is 24.3. The molecule has 0 bridgehead atoms. The van der Waals surface area contributed by atoms with Gasteiger partial charge in [0.15, 0.2) is 11.6 Å². The average molecular weight is 497 g/mol. The minimum atomic E-state index is -0.482. The average Bonchev–Trinajstić information content (AvgIpc) is 3.36. The summed E-state index contributed by atoms with van der Waals surface area (Å²) in [4.78, 5) is 24.0. The molecule has 3 N–H and O–H groups in total. The van der Waals surface area contributed by atoms with Crippen molar-refractivity contribution < 1.29 is 9.13 Å². The summed E-state index contributed by atoms with van der Waals surface area (Å²) >= 11 is 0. The summed E-state index contributed by atoms with van der Waals surface area (Å²) in [6.45, 7) is 4.47. The molecular formula is C24H33FN10O. The summed E-state index contributed by atoms with van der Waals surface area (Å²) in [5.41, 5.74) is 1.10. The van der Waals surface area contributed by atoms with Gasteiger partial charge < -0.3 is 20.3 Å². The second-order valence-electron chi connectivity index (χ2n) is 9.45. The lowest BCUT2D eigenvalue weighted by atomic mass is 9.86. The lowest BCUT2D eigenvalue weighted by molar-refractivity contribution is 0.122. The van der Waals surface area contributed by atoms with E-state index in [4.69, 9.17) is 4.74 Å². The van der Waals surface area contributed by atoms with Gasteiger partial charge in [0, 0.05) is 24.8 Å².